The molecule has 4 rings (SSSR count). The highest BCUT2D eigenvalue weighted by molar-refractivity contribution is 5.98. The third-order valence-electron chi connectivity index (χ3n) is 5.35. The van der Waals surface area contributed by atoms with Crippen molar-refractivity contribution >= 4 is 28.4 Å². The van der Waals surface area contributed by atoms with Crippen molar-refractivity contribution in [3.8, 4) is 0 Å². The van der Waals surface area contributed by atoms with Gasteiger partial charge in [-0.15, -0.1) is 0 Å². The second-order valence-corrected chi connectivity index (χ2v) is 7.67. The molecular formula is C26H24FN3O2. The van der Waals surface area contributed by atoms with E-state index in [2.05, 4.69) is 15.6 Å². The number of benzene rings is 3. The molecule has 32 heavy (non-hydrogen) atoms. The zero-order valence-corrected chi connectivity index (χ0v) is 17.5. The third kappa shape index (κ3) is 5.40. The number of aryl methyl sites for hydroxylation is 1. The number of carbonyl (C=O) groups is 2. The highest BCUT2D eigenvalue weighted by atomic mass is 19.1. The predicted octanol–water partition coefficient (Wildman–Crippen LogP) is 4.61. The van der Waals surface area contributed by atoms with Gasteiger partial charge in [-0.25, -0.2) is 4.39 Å². The molecule has 1 heterocycles. The van der Waals surface area contributed by atoms with Gasteiger partial charge in [-0.2, -0.15) is 0 Å². The molecular weight excluding hydrogens is 405 g/mol. The first-order valence-electron chi connectivity index (χ1n) is 10.5. The van der Waals surface area contributed by atoms with Crippen LogP contribution in [-0.2, 0) is 22.4 Å². The van der Waals surface area contributed by atoms with E-state index < -0.39 is 6.04 Å². The lowest BCUT2D eigenvalue weighted by molar-refractivity contribution is -0.126. The molecule has 0 fully saturated rings. The Balaban J connectivity index is 1.49. The van der Waals surface area contributed by atoms with Crippen molar-refractivity contribution < 1.29 is 14.0 Å². The van der Waals surface area contributed by atoms with E-state index in [1.807, 2.05) is 60.8 Å². The van der Waals surface area contributed by atoms with E-state index in [0.29, 0.717) is 18.5 Å². The standard InChI is InChI=1S/C26H24FN3O2/c27-20-11-13-21(14-12-20)29-26(32)24(16-19-17-28-23-9-5-4-8-22(19)23)30-25(31)15-10-18-6-2-1-3-7-18/h1-9,11-14,17,24,28H,10,15-16H2,(H,29,32)(H,30,31). The number of rotatable bonds is 8. The molecule has 1 aromatic heterocycles. The topological polar surface area (TPSA) is 74.0 Å². The van der Waals surface area contributed by atoms with E-state index in [1.165, 1.54) is 24.3 Å². The maximum atomic E-state index is 13.2. The summed E-state index contributed by atoms with van der Waals surface area (Å²) < 4.78 is 13.2. The SMILES string of the molecule is O=C(CCc1ccccc1)NC(Cc1c[nH]c2ccccc12)C(=O)Nc1ccc(F)cc1. The second-order valence-electron chi connectivity index (χ2n) is 7.67. The number of fused-ring (bicyclic) bond motifs is 1. The van der Waals surface area contributed by atoms with Gasteiger partial charge in [0.15, 0.2) is 0 Å². The predicted molar refractivity (Wildman–Crippen MR) is 124 cm³/mol. The van der Waals surface area contributed by atoms with Crippen LogP contribution >= 0.6 is 0 Å². The number of aromatic amines is 1. The summed E-state index contributed by atoms with van der Waals surface area (Å²) in [5.74, 6) is -0.935. The summed E-state index contributed by atoms with van der Waals surface area (Å²) in [6.45, 7) is 0. The van der Waals surface area contributed by atoms with Crippen LogP contribution in [0.25, 0.3) is 10.9 Å². The fraction of sp³-hybridized carbons (Fsp3) is 0.154. The number of carbonyl (C=O) groups excluding carboxylic acids is 2. The molecule has 0 aliphatic rings. The number of nitrogens with one attached hydrogen (secondary N) is 3. The van der Waals surface area contributed by atoms with E-state index in [1.54, 1.807) is 0 Å². The van der Waals surface area contributed by atoms with E-state index in [9.17, 15) is 14.0 Å². The van der Waals surface area contributed by atoms with Gasteiger partial charge in [0.2, 0.25) is 11.8 Å². The smallest absolute Gasteiger partial charge is 0.247 e. The molecule has 0 spiro atoms. The van der Waals surface area contributed by atoms with Gasteiger partial charge in [-0.05, 0) is 47.9 Å². The molecule has 0 saturated carbocycles. The molecule has 3 aromatic carbocycles. The lowest BCUT2D eigenvalue weighted by Gasteiger charge is -2.18. The van der Waals surface area contributed by atoms with E-state index in [0.717, 1.165) is 22.0 Å². The number of aromatic nitrogens is 1. The summed E-state index contributed by atoms with van der Waals surface area (Å²) in [6.07, 6.45) is 3.05. The summed E-state index contributed by atoms with van der Waals surface area (Å²) in [7, 11) is 0. The van der Waals surface area contributed by atoms with Crippen LogP contribution in [0.4, 0.5) is 10.1 Å². The van der Waals surface area contributed by atoms with Crippen molar-refractivity contribution in [1.29, 1.82) is 0 Å². The highest BCUT2D eigenvalue weighted by Gasteiger charge is 2.23. The quantitative estimate of drug-likeness (QED) is 0.383. The molecule has 0 radical (unpaired) electrons. The van der Waals surface area contributed by atoms with Crippen LogP contribution in [0.3, 0.4) is 0 Å². The van der Waals surface area contributed by atoms with Gasteiger partial charge < -0.3 is 15.6 Å². The molecule has 1 unspecified atom stereocenters. The average molecular weight is 429 g/mol. The van der Waals surface area contributed by atoms with Crippen LogP contribution in [0, 0.1) is 5.82 Å². The van der Waals surface area contributed by atoms with Crippen molar-refractivity contribution in [2.75, 3.05) is 5.32 Å². The van der Waals surface area contributed by atoms with E-state index >= 15 is 0 Å². The van der Waals surface area contributed by atoms with Gasteiger partial charge in [0.05, 0.1) is 0 Å². The molecule has 0 aliphatic carbocycles. The fourth-order valence-electron chi connectivity index (χ4n) is 3.66. The number of halogens is 1. The van der Waals surface area contributed by atoms with Crippen molar-refractivity contribution in [3.63, 3.8) is 0 Å². The maximum absolute atomic E-state index is 13.2. The molecule has 6 heteroatoms. The molecule has 0 saturated heterocycles. The number of hydrogen-bond donors (Lipinski definition) is 3. The number of amides is 2. The zero-order chi connectivity index (χ0) is 22.3. The summed E-state index contributed by atoms with van der Waals surface area (Å²) >= 11 is 0. The van der Waals surface area contributed by atoms with Crippen molar-refractivity contribution in [2.24, 2.45) is 0 Å². The lowest BCUT2D eigenvalue weighted by Crippen LogP contribution is -2.45. The summed E-state index contributed by atoms with van der Waals surface area (Å²) in [6, 6.07) is 22.3. The fourth-order valence-corrected chi connectivity index (χ4v) is 3.66. The minimum atomic E-state index is -0.775. The molecule has 0 aliphatic heterocycles. The minimum absolute atomic E-state index is 0.201. The number of hydrogen-bond acceptors (Lipinski definition) is 2. The Kier molecular flexibility index (Phi) is 6.60. The minimum Gasteiger partial charge on any atom is -0.361 e. The first-order valence-corrected chi connectivity index (χ1v) is 10.5. The summed E-state index contributed by atoms with van der Waals surface area (Å²) in [5, 5.41) is 6.67. The van der Waals surface area contributed by atoms with E-state index in [-0.39, 0.29) is 24.1 Å². The summed E-state index contributed by atoms with van der Waals surface area (Å²) in [4.78, 5) is 28.9. The normalized spacial score (nSPS) is 11.8. The van der Waals surface area contributed by atoms with Gasteiger partial charge in [0.1, 0.15) is 11.9 Å². The Bertz CT molecular complexity index is 1200. The molecule has 162 valence electrons. The Labute approximate surface area is 185 Å². The first-order chi connectivity index (χ1) is 15.6. The highest BCUT2D eigenvalue weighted by Crippen LogP contribution is 2.20. The van der Waals surface area contributed by atoms with Crippen LogP contribution < -0.4 is 10.6 Å². The number of para-hydroxylation sites is 1. The van der Waals surface area contributed by atoms with Crippen LogP contribution in [-0.4, -0.2) is 22.8 Å². The number of H-pyrrole nitrogens is 1. The van der Waals surface area contributed by atoms with Crippen LogP contribution in [0.5, 0.6) is 0 Å². The average Bonchev–Trinajstić information content (AvgIpc) is 3.22. The Morgan fingerprint density at radius 3 is 2.41 bits per heavy atom. The molecule has 4 aromatic rings. The molecule has 1 atom stereocenters. The Hall–Kier alpha value is -3.93. The Morgan fingerprint density at radius 1 is 0.906 bits per heavy atom. The molecule has 0 bridgehead atoms. The molecule has 3 N–H and O–H groups in total. The number of anilines is 1. The summed E-state index contributed by atoms with van der Waals surface area (Å²) in [5.41, 5.74) is 3.43. The molecule has 5 nitrogen and oxygen atoms in total. The first kappa shape index (κ1) is 21.3. The van der Waals surface area contributed by atoms with Crippen molar-refractivity contribution in [1.82, 2.24) is 10.3 Å². The van der Waals surface area contributed by atoms with Crippen LogP contribution in [0.1, 0.15) is 17.5 Å². The monoisotopic (exact) mass is 429 g/mol. The zero-order valence-electron chi connectivity index (χ0n) is 17.5. The van der Waals surface area contributed by atoms with Gasteiger partial charge in [-0.3, -0.25) is 9.59 Å². The van der Waals surface area contributed by atoms with Crippen molar-refractivity contribution in [3.05, 3.63) is 102 Å². The molecule has 2 amide bonds. The maximum Gasteiger partial charge on any atom is 0.247 e. The largest absolute Gasteiger partial charge is 0.361 e. The van der Waals surface area contributed by atoms with Gasteiger partial charge in [0, 0.05) is 35.6 Å². The van der Waals surface area contributed by atoms with Gasteiger partial charge in [0.25, 0.3) is 0 Å². The van der Waals surface area contributed by atoms with Crippen LogP contribution in [0.2, 0.25) is 0 Å². The van der Waals surface area contributed by atoms with Crippen molar-refractivity contribution in [2.45, 2.75) is 25.3 Å². The van der Waals surface area contributed by atoms with Crippen LogP contribution in [0.15, 0.2) is 85.1 Å². The Morgan fingerprint density at radius 2 is 1.62 bits per heavy atom. The third-order valence-corrected chi connectivity index (χ3v) is 5.35. The van der Waals surface area contributed by atoms with E-state index in [4.69, 9.17) is 0 Å². The second kappa shape index (κ2) is 9.92. The van der Waals surface area contributed by atoms with Gasteiger partial charge in [-0.1, -0.05) is 48.5 Å². The lowest BCUT2D eigenvalue weighted by atomic mass is 10.0. The van der Waals surface area contributed by atoms with Gasteiger partial charge >= 0.3 is 0 Å².